The third kappa shape index (κ3) is 9.27. The lowest BCUT2D eigenvalue weighted by Crippen LogP contribution is -2.74. The Kier molecular flexibility index (Phi) is 14.7. The molecule has 2 fully saturated rings. The molecule has 10 atom stereocenters. The van der Waals surface area contributed by atoms with Crippen molar-refractivity contribution in [1.82, 2.24) is 9.80 Å². The Morgan fingerprint density at radius 1 is 0.743 bits per heavy atom. The molecular formula is C53H66Cl2N2O17. The number of rotatable bonds is 9. The van der Waals surface area contributed by atoms with Crippen LogP contribution in [0.4, 0.5) is 4.79 Å². The third-order valence-corrected chi connectivity index (χ3v) is 15.7. The fraction of sp³-hybridized carbons (Fsp3) is 0.604. The molecule has 10 rings (SSSR count). The molecule has 0 aromatic heterocycles. The molecule has 2 aromatic carbocycles. The monoisotopic (exact) mass is 1070 g/mol. The number of alkyl halides is 2. The van der Waals surface area contributed by atoms with Gasteiger partial charge in [0.25, 0.3) is 0 Å². The van der Waals surface area contributed by atoms with Crippen LogP contribution in [0.1, 0.15) is 108 Å². The molecule has 0 unspecified atom stereocenters. The number of carboxylic acid groups (broad SMARTS) is 1. The van der Waals surface area contributed by atoms with Crippen LogP contribution in [0, 0.1) is 6.92 Å². The number of aliphatic carboxylic acids is 1. The predicted octanol–water partition coefficient (Wildman–Crippen LogP) is 5.34. The second-order valence-corrected chi connectivity index (χ2v) is 23.2. The van der Waals surface area contributed by atoms with Crippen molar-refractivity contribution in [1.29, 1.82) is 0 Å². The first-order valence-corrected chi connectivity index (χ1v) is 25.8. The van der Waals surface area contributed by atoms with Gasteiger partial charge in [-0.1, -0.05) is 18.2 Å². The number of phenolic OH excluding ortho intramolecular Hbond substituents is 1. The number of aryl methyl sites for hydroxylation is 1. The molecule has 2 spiro atoms. The standard InChI is InChI=1S/C31H41NO9.C21H23NO8.CH2Cl2/c1-17-9-10-18-15-21-31(36)12-11-19(25-30(31,13-14-32(21)8)23(18)24(17)39-25)37-26(34)20(16-22(33)40-28(2,3)4)38-27(35)41-29(5,6)7;1-22-7-6-20-16-10-2-3-11(23)17(16)30-18(20)13(4-5-21(20,28)14(22)8-10)29-19(27)12(24)9-15(25)26;2-1-3/h9-11,20-21,25,36H,12-16H2,1-8H3;2-4,12,14,18,23-24,28H,5-9H2,1H3,(H,25,26);1H2/t20-,21+,25-,30-,31+;12-,14+,18-,20-,21+;/m00./s1. The van der Waals surface area contributed by atoms with Crippen LogP contribution in [0.3, 0.4) is 0 Å². The Morgan fingerprint density at radius 3 is 1.72 bits per heavy atom. The van der Waals surface area contributed by atoms with Crippen molar-refractivity contribution in [3.05, 3.63) is 75.8 Å². The summed E-state index contributed by atoms with van der Waals surface area (Å²) in [6.07, 6.45) is -1.34. The number of esters is 3. The second kappa shape index (κ2) is 19.8. The number of piperidine rings is 2. The molecular weight excluding hydrogens is 1010 g/mol. The molecule has 4 aliphatic heterocycles. The van der Waals surface area contributed by atoms with Gasteiger partial charge in [0.1, 0.15) is 28.5 Å². The number of benzene rings is 2. The number of ether oxygens (including phenoxy) is 7. The first-order valence-electron chi connectivity index (χ1n) is 24.7. The molecule has 2 saturated heterocycles. The van der Waals surface area contributed by atoms with Gasteiger partial charge in [0.2, 0.25) is 6.10 Å². The van der Waals surface area contributed by atoms with Gasteiger partial charge in [0, 0.05) is 36.1 Å². The van der Waals surface area contributed by atoms with E-state index in [0.29, 0.717) is 38.0 Å². The first kappa shape index (κ1) is 55.1. The molecule has 21 heteroatoms. The number of nitrogens with zero attached hydrogens (tertiary/aromatic N) is 2. The predicted molar refractivity (Wildman–Crippen MR) is 265 cm³/mol. The summed E-state index contributed by atoms with van der Waals surface area (Å²) >= 11 is 9.53. The van der Waals surface area contributed by atoms with E-state index >= 15 is 0 Å². The van der Waals surface area contributed by atoms with Gasteiger partial charge >= 0.3 is 30.0 Å². The lowest BCUT2D eigenvalue weighted by Gasteiger charge is -2.61. The van der Waals surface area contributed by atoms with Crippen LogP contribution in [0.15, 0.2) is 47.9 Å². The quantitative estimate of drug-likeness (QED) is 0.121. The van der Waals surface area contributed by atoms with Gasteiger partial charge < -0.3 is 68.5 Å². The summed E-state index contributed by atoms with van der Waals surface area (Å²) < 4.78 is 39.9. The molecule has 404 valence electrons. The van der Waals surface area contributed by atoms with Crippen LogP contribution >= 0.6 is 23.2 Å². The van der Waals surface area contributed by atoms with E-state index in [1.165, 1.54) is 0 Å². The van der Waals surface area contributed by atoms with Crippen molar-refractivity contribution < 1.29 is 82.7 Å². The molecule has 0 amide bonds. The van der Waals surface area contributed by atoms with Gasteiger partial charge in [-0.25, -0.2) is 14.4 Å². The number of aliphatic hydroxyl groups is 3. The Hall–Kier alpha value is -5.15. The lowest BCUT2D eigenvalue weighted by atomic mass is 9.50. The minimum atomic E-state index is -1.81. The van der Waals surface area contributed by atoms with Gasteiger partial charge in [0.05, 0.1) is 40.2 Å². The highest BCUT2D eigenvalue weighted by atomic mass is 35.5. The highest BCUT2D eigenvalue weighted by molar-refractivity contribution is 6.40. The summed E-state index contributed by atoms with van der Waals surface area (Å²) in [4.78, 5) is 66.2. The van der Waals surface area contributed by atoms with Crippen LogP contribution in [0.25, 0.3) is 0 Å². The molecule has 0 saturated carbocycles. The first-order chi connectivity index (χ1) is 34.5. The zero-order chi connectivity index (χ0) is 54.2. The van der Waals surface area contributed by atoms with Gasteiger partial charge in [-0.2, -0.15) is 0 Å². The number of hydrogen-bond acceptors (Lipinski definition) is 18. The van der Waals surface area contributed by atoms with E-state index in [1.807, 2.05) is 33.2 Å². The number of aliphatic hydroxyl groups excluding tert-OH is 1. The Bertz CT molecular complexity index is 2650. The minimum Gasteiger partial charge on any atom is -0.504 e. The summed E-state index contributed by atoms with van der Waals surface area (Å²) in [5.41, 5.74) is -0.934. The highest BCUT2D eigenvalue weighted by Gasteiger charge is 2.73. The maximum Gasteiger partial charge on any atom is 0.509 e. The number of carboxylic acids is 1. The lowest BCUT2D eigenvalue weighted by molar-refractivity contribution is -0.175. The van der Waals surface area contributed by atoms with E-state index in [9.17, 15) is 44.4 Å². The summed E-state index contributed by atoms with van der Waals surface area (Å²) in [6.45, 7) is 13.5. The minimum absolute atomic E-state index is 0.0474. The fourth-order valence-electron chi connectivity index (χ4n) is 12.7. The van der Waals surface area contributed by atoms with E-state index in [2.05, 4.69) is 15.9 Å². The van der Waals surface area contributed by atoms with E-state index in [0.717, 1.165) is 34.4 Å². The average Bonchev–Trinajstić information content (AvgIpc) is 3.84. The smallest absolute Gasteiger partial charge is 0.504 e. The number of phenols is 1. The second-order valence-electron chi connectivity index (χ2n) is 22.4. The number of likely N-dealkylation sites (tertiary alicyclic amines) is 2. The number of aromatic hydroxyl groups is 1. The third-order valence-electron chi connectivity index (χ3n) is 15.7. The number of carbonyl (C=O) groups is 5. The number of likely N-dealkylation sites (N-methyl/N-ethyl adjacent to an activating group) is 2. The van der Waals surface area contributed by atoms with Crippen molar-refractivity contribution >= 4 is 53.2 Å². The SMILES string of the molecule is CN1CC[C@]23c4c5ccc(O)c4O[C@H]2C(OC(=O)[C@@H](O)CC(=O)O)=CC[C@@]3(O)[C@H]1C5.Cc1ccc2c3c1O[C@H]1C(OC(=O)[C@H](CC(=O)OC(C)(C)C)OC(=O)OC(C)(C)C)=CC[C@@]4(O)[C@@H](C2)N(C)CC[C@]314.ClCCl. The van der Waals surface area contributed by atoms with Crippen LogP contribution in [-0.4, -0.2) is 157 Å². The molecule has 4 heterocycles. The van der Waals surface area contributed by atoms with Gasteiger partial charge in [-0.05, 0) is 136 Å². The van der Waals surface area contributed by atoms with E-state index in [1.54, 1.807) is 59.8 Å². The molecule has 19 nitrogen and oxygen atoms in total. The van der Waals surface area contributed by atoms with Gasteiger partial charge in [-0.15, -0.1) is 23.2 Å². The van der Waals surface area contributed by atoms with E-state index < -0.39 is 101 Å². The molecule has 4 aliphatic carbocycles. The van der Waals surface area contributed by atoms with E-state index in [4.69, 9.17) is 61.5 Å². The number of hydrogen-bond donors (Lipinski definition) is 5. The average molecular weight is 1070 g/mol. The fourth-order valence-corrected chi connectivity index (χ4v) is 12.7. The summed E-state index contributed by atoms with van der Waals surface area (Å²) in [5, 5.41) is 53.6. The Labute approximate surface area is 439 Å². The maximum absolute atomic E-state index is 13.6. The molecule has 5 N–H and O–H groups in total. The van der Waals surface area contributed by atoms with Crippen LogP contribution < -0.4 is 9.47 Å². The van der Waals surface area contributed by atoms with Crippen LogP contribution in [0.2, 0.25) is 0 Å². The summed E-state index contributed by atoms with van der Waals surface area (Å²) in [6, 6.07) is 7.22. The normalized spacial score (nSPS) is 30.2. The topological polar surface area (TPSA) is 258 Å². The Balaban J connectivity index is 0.000000195. The Morgan fingerprint density at radius 2 is 1.22 bits per heavy atom. The molecule has 2 aromatic rings. The van der Waals surface area contributed by atoms with Crippen molar-refractivity contribution in [3.8, 4) is 17.2 Å². The largest absolute Gasteiger partial charge is 0.509 e. The van der Waals surface area contributed by atoms with Crippen molar-refractivity contribution in [3.63, 3.8) is 0 Å². The maximum atomic E-state index is 13.6. The molecule has 8 aliphatic rings. The molecule has 0 radical (unpaired) electrons. The van der Waals surface area contributed by atoms with E-state index in [-0.39, 0.29) is 53.3 Å². The summed E-state index contributed by atoms with van der Waals surface area (Å²) in [7, 11) is 3.99. The summed E-state index contributed by atoms with van der Waals surface area (Å²) in [5.74, 6) is -2.79. The molecule has 4 bridgehead atoms. The molecule has 74 heavy (non-hydrogen) atoms. The van der Waals surface area contributed by atoms with Crippen molar-refractivity contribution in [2.45, 2.75) is 170 Å². The highest BCUT2D eigenvalue weighted by Crippen LogP contribution is 2.66. The van der Waals surface area contributed by atoms with Crippen LogP contribution in [0.5, 0.6) is 17.2 Å². The van der Waals surface area contributed by atoms with Crippen LogP contribution in [-0.2, 0) is 66.5 Å². The zero-order valence-corrected chi connectivity index (χ0v) is 44.5. The van der Waals surface area contributed by atoms with Gasteiger partial charge in [0.15, 0.2) is 29.8 Å². The van der Waals surface area contributed by atoms with Crippen molar-refractivity contribution in [2.24, 2.45) is 0 Å². The number of carbonyl (C=O) groups excluding carboxylic acids is 4. The number of halogens is 2. The van der Waals surface area contributed by atoms with Crippen molar-refractivity contribution in [2.75, 3.05) is 32.5 Å². The zero-order valence-electron chi connectivity index (χ0n) is 43.0. The van der Waals surface area contributed by atoms with Gasteiger partial charge in [-0.3, -0.25) is 9.59 Å².